The first-order valence-electron chi connectivity index (χ1n) is 4.16. The second kappa shape index (κ2) is 5.60. The van der Waals surface area contributed by atoms with Crippen LogP contribution in [0.2, 0.25) is 5.02 Å². The largest absolute Gasteiger partial charge is 0.366 e. The summed E-state index contributed by atoms with van der Waals surface area (Å²) in [5.74, 6) is -0.449. The van der Waals surface area contributed by atoms with E-state index in [9.17, 15) is 4.79 Å². The molecule has 0 heterocycles. The molecule has 0 spiro atoms. The van der Waals surface area contributed by atoms with Crippen LogP contribution in [0.4, 0.5) is 0 Å². The number of rotatable bonds is 1. The summed E-state index contributed by atoms with van der Waals surface area (Å²) in [7, 11) is 0. The third kappa shape index (κ3) is 3.95. The highest BCUT2D eigenvalue weighted by atomic mass is 35.5. The van der Waals surface area contributed by atoms with Gasteiger partial charge in [0, 0.05) is 10.6 Å². The molecule has 0 saturated heterocycles. The Labute approximate surface area is 83.7 Å². The molecule has 0 radical (unpaired) electrons. The Morgan fingerprint density at radius 1 is 1.31 bits per heavy atom. The number of halogens is 1. The summed E-state index contributed by atoms with van der Waals surface area (Å²) in [5, 5.41) is 0.541. The van der Waals surface area contributed by atoms with E-state index in [1.165, 1.54) is 0 Å². The highest BCUT2D eigenvalue weighted by Gasteiger charge is 2.01. The van der Waals surface area contributed by atoms with Crippen LogP contribution in [0.15, 0.2) is 18.2 Å². The number of carbonyl (C=O) groups is 1. The molecule has 0 bridgehead atoms. The zero-order valence-corrected chi connectivity index (χ0v) is 8.85. The van der Waals surface area contributed by atoms with E-state index in [4.69, 9.17) is 17.3 Å². The highest BCUT2D eigenvalue weighted by Crippen LogP contribution is 2.13. The molecule has 13 heavy (non-hydrogen) atoms. The maximum atomic E-state index is 10.7. The van der Waals surface area contributed by atoms with Gasteiger partial charge in [-0.25, -0.2) is 0 Å². The van der Waals surface area contributed by atoms with Gasteiger partial charge in [0.2, 0.25) is 5.91 Å². The summed E-state index contributed by atoms with van der Waals surface area (Å²) in [5.41, 5.74) is 6.44. The van der Waals surface area contributed by atoms with Crippen molar-refractivity contribution in [1.82, 2.24) is 0 Å². The zero-order valence-electron chi connectivity index (χ0n) is 8.10. The average Bonchev–Trinajstić information content (AvgIpc) is 2.06. The summed E-state index contributed by atoms with van der Waals surface area (Å²) in [4.78, 5) is 10.7. The third-order valence-electron chi connectivity index (χ3n) is 1.33. The second-order valence-electron chi connectivity index (χ2n) is 2.38. The quantitative estimate of drug-likeness (QED) is 0.743. The van der Waals surface area contributed by atoms with Gasteiger partial charge in [-0.2, -0.15) is 0 Å². The lowest BCUT2D eigenvalue weighted by atomic mass is 10.1. The van der Waals surface area contributed by atoms with Crippen molar-refractivity contribution < 1.29 is 4.79 Å². The lowest BCUT2D eigenvalue weighted by Gasteiger charge is -1.98. The number of amides is 1. The summed E-state index contributed by atoms with van der Waals surface area (Å²) < 4.78 is 0. The highest BCUT2D eigenvalue weighted by molar-refractivity contribution is 6.31. The zero-order chi connectivity index (χ0) is 10.4. The summed E-state index contributed by atoms with van der Waals surface area (Å²) in [6.07, 6.45) is 0. The Morgan fingerprint density at radius 3 is 2.23 bits per heavy atom. The van der Waals surface area contributed by atoms with Gasteiger partial charge < -0.3 is 5.73 Å². The molecule has 0 atom stereocenters. The molecule has 0 aromatic heterocycles. The van der Waals surface area contributed by atoms with Crippen LogP contribution in [0.3, 0.4) is 0 Å². The standard InChI is InChI=1S/C8H8ClNO.C2H6/c1-5-2-6(8(10)11)4-7(9)3-5;1-2/h2-4H,1H3,(H2,10,11);1-2H3. The predicted octanol–water partition coefficient (Wildman–Crippen LogP) is 2.77. The second-order valence-corrected chi connectivity index (χ2v) is 2.82. The molecule has 0 unspecified atom stereocenters. The monoisotopic (exact) mass is 199 g/mol. The van der Waals surface area contributed by atoms with Crippen molar-refractivity contribution in [3.05, 3.63) is 34.3 Å². The Balaban J connectivity index is 0.000000671. The van der Waals surface area contributed by atoms with Crippen molar-refractivity contribution in [1.29, 1.82) is 0 Å². The van der Waals surface area contributed by atoms with E-state index in [-0.39, 0.29) is 0 Å². The summed E-state index contributed by atoms with van der Waals surface area (Å²) in [6.45, 7) is 5.86. The van der Waals surface area contributed by atoms with Crippen molar-refractivity contribution in [3.8, 4) is 0 Å². The van der Waals surface area contributed by atoms with Crippen LogP contribution < -0.4 is 5.73 Å². The van der Waals surface area contributed by atoms with Gasteiger partial charge in [0.25, 0.3) is 0 Å². The molecule has 0 aliphatic carbocycles. The fourth-order valence-corrected chi connectivity index (χ4v) is 1.17. The first-order valence-corrected chi connectivity index (χ1v) is 4.54. The molecule has 0 aliphatic heterocycles. The fourth-order valence-electron chi connectivity index (χ4n) is 0.879. The molecule has 1 aromatic carbocycles. The number of primary amides is 1. The number of hydrogen-bond acceptors (Lipinski definition) is 1. The molecular weight excluding hydrogens is 186 g/mol. The van der Waals surface area contributed by atoms with Gasteiger partial charge in [0.15, 0.2) is 0 Å². The van der Waals surface area contributed by atoms with E-state index in [0.29, 0.717) is 10.6 Å². The van der Waals surface area contributed by atoms with Gasteiger partial charge >= 0.3 is 0 Å². The Hall–Kier alpha value is -1.02. The molecule has 1 amide bonds. The Bertz CT molecular complexity index is 277. The van der Waals surface area contributed by atoms with E-state index >= 15 is 0 Å². The summed E-state index contributed by atoms with van der Waals surface area (Å²) in [6, 6.07) is 5.03. The van der Waals surface area contributed by atoms with E-state index < -0.39 is 5.91 Å². The van der Waals surface area contributed by atoms with E-state index in [1.54, 1.807) is 18.2 Å². The third-order valence-corrected chi connectivity index (χ3v) is 1.54. The minimum absolute atomic E-state index is 0.449. The van der Waals surface area contributed by atoms with Gasteiger partial charge in [-0.15, -0.1) is 0 Å². The molecule has 0 aliphatic rings. The normalized spacial score (nSPS) is 8.62. The lowest BCUT2D eigenvalue weighted by Crippen LogP contribution is -2.10. The van der Waals surface area contributed by atoms with Gasteiger partial charge in [-0.1, -0.05) is 25.4 Å². The first-order chi connectivity index (χ1) is 6.09. The number of hydrogen-bond donors (Lipinski definition) is 1. The van der Waals surface area contributed by atoms with Gasteiger partial charge in [-0.05, 0) is 30.7 Å². The van der Waals surface area contributed by atoms with E-state index in [2.05, 4.69) is 0 Å². The maximum absolute atomic E-state index is 10.7. The van der Waals surface area contributed by atoms with E-state index in [0.717, 1.165) is 5.56 Å². The SMILES string of the molecule is CC.Cc1cc(Cl)cc(C(N)=O)c1. The molecule has 72 valence electrons. The smallest absolute Gasteiger partial charge is 0.248 e. The fraction of sp³-hybridized carbons (Fsp3) is 0.300. The van der Waals surface area contributed by atoms with Crippen LogP contribution in [-0.4, -0.2) is 5.91 Å². The van der Waals surface area contributed by atoms with Crippen LogP contribution >= 0.6 is 11.6 Å². The van der Waals surface area contributed by atoms with Crippen LogP contribution in [0.5, 0.6) is 0 Å². The first kappa shape index (κ1) is 12.0. The Kier molecular flexibility index (Phi) is 5.16. The van der Waals surface area contributed by atoms with Crippen molar-refractivity contribution in [2.24, 2.45) is 5.73 Å². The number of carbonyl (C=O) groups excluding carboxylic acids is 1. The Morgan fingerprint density at radius 2 is 1.85 bits per heavy atom. The minimum Gasteiger partial charge on any atom is -0.366 e. The number of aryl methyl sites for hydroxylation is 1. The van der Waals surface area contributed by atoms with Crippen LogP contribution in [-0.2, 0) is 0 Å². The maximum Gasteiger partial charge on any atom is 0.248 e. The van der Waals surface area contributed by atoms with Crippen LogP contribution in [0.1, 0.15) is 29.8 Å². The average molecular weight is 200 g/mol. The summed E-state index contributed by atoms with van der Waals surface area (Å²) >= 11 is 5.69. The van der Waals surface area contributed by atoms with Gasteiger partial charge in [0.05, 0.1) is 0 Å². The predicted molar refractivity (Wildman–Crippen MR) is 56.1 cm³/mol. The molecule has 2 nitrogen and oxygen atoms in total. The molecule has 1 aromatic rings. The van der Waals surface area contributed by atoms with Crippen molar-refractivity contribution in [3.63, 3.8) is 0 Å². The lowest BCUT2D eigenvalue weighted by molar-refractivity contribution is 0.1000. The van der Waals surface area contributed by atoms with E-state index in [1.807, 2.05) is 20.8 Å². The van der Waals surface area contributed by atoms with Crippen molar-refractivity contribution in [2.75, 3.05) is 0 Å². The molecular formula is C10H14ClNO. The number of nitrogens with two attached hydrogens (primary N) is 1. The van der Waals surface area contributed by atoms with Gasteiger partial charge in [0.1, 0.15) is 0 Å². The molecule has 0 saturated carbocycles. The van der Waals surface area contributed by atoms with Crippen molar-refractivity contribution >= 4 is 17.5 Å². The molecule has 0 fully saturated rings. The molecule has 1 rings (SSSR count). The van der Waals surface area contributed by atoms with Gasteiger partial charge in [-0.3, -0.25) is 4.79 Å². The molecule has 2 N–H and O–H groups in total. The topological polar surface area (TPSA) is 43.1 Å². The van der Waals surface area contributed by atoms with Crippen LogP contribution in [0.25, 0.3) is 0 Å². The van der Waals surface area contributed by atoms with Crippen LogP contribution in [0, 0.1) is 6.92 Å². The van der Waals surface area contributed by atoms with Crippen molar-refractivity contribution in [2.45, 2.75) is 20.8 Å². The number of benzene rings is 1. The minimum atomic E-state index is -0.449. The molecule has 3 heteroatoms.